The van der Waals surface area contributed by atoms with Crippen molar-refractivity contribution in [1.82, 2.24) is 29.4 Å². The molecule has 64 heavy (non-hydrogen) atoms. The third-order valence-electron chi connectivity index (χ3n) is 13.0. The van der Waals surface area contributed by atoms with Crippen molar-refractivity contribution >= 4 is 52.9 Å². The third-order valence-corrected chi connectivity index (χ3v) is 13.3. The van der Waals surface area contributed by atoms with E-state index in [-0.39, 0.29) is 73.6 Å². The average Bonchev–Trinajstić information content (AvgIpc) is 3.47. The number of likely N-dealkylation sites (tertiary alicyclic amines) is 2. The lowest BCUT2D eigenvalue weighted by Crippen LogP contribution is -2.57. The van der Waals surface area contributed by atoms with Gasteiger partial charge in [0.05, 0.1) is 35.9 Å². The fraction of sp³-hybridized carbons (Fsp3) is 0.614. The molecule has 2 aromatic carbocycles. The zero-order chi connectivity index (χ0) is 45.4. The summed E-state index contributed by atoms with van der Waals surface area (Å²) in [5.41, 5.74) is 5.76. The molecule has 350 valence electrons. The van der Waals surface area contributed by atoms with E-state index in [9.17, 15) is 37.1 Å². The number of anilines is 2. The Hall–Kier alpha value is -4.85. The van der Waals surface area contributed by atoms with Crippen LogP contribution in [-0.2, 0) is 47.6 Å². The molecule has 0 spiro atoms. The van der Waals surface area contributed by atoms with E-state index >= 15 is 0 Å². The zero-order valence-electron chi connectivity index (χ0n) is 36.0. The number of fused-ring (bicyclic) bond motifs is 1. The second kappa shape index (κ2) is 21.4. The first-order valence-electron chi connectivity index (χ1n) is 22.3. The number of hydrogen-bond donors (Lipinski definition) is 2. The van der Waals surface area contributed by atoms with Crippen LogP contribution in [0.2, 0.25) is 5.02 Å². The normalized spacial score (nSPS) is 20.3. The maximum Gasteiger partial charge on any atom is 0.418 e. The Bertz CT molecular complexity index is 1980. The van der Waals surface area contributed by atoms with Gasteiger partial charge in [-0.2, -0.15) is 13.2 Å². The molecule has 0 radical (unpaired) electrons. The molecule has 0 saturated carbocycles. The molecule has 0 bridgehead atoms. The van der Waals surface area contributed by atoms with Gasteiger partial charge in [-0.15, -0.1) is 0 Å². The van der Waals surface area contributed by atoms with Crippen molar-refractivity contribution in [2.24, 2.45) is 0 Å². The van der Waals surface area contributed by atoms with Crippen molar-refractivity contribution in [1.29, 1.82) is 0 Å². The number of nitrogens with two attached hydrogens (primary N) is 1. The number of urea groups is 1. The van der Waals surface area contributed by atoms with Crippen LogP contribution in [0, 0.1) is 0 Å². The molecule has 5 aliphatic rings. The Morgan fingerprint density at radius 2 is 1.52 bits per heavy atom. The number of carbonyl (C=O) groups excluding carboxylic acids is 5. The number of esters is 1. The van der Waals surface area contributed by atoms with Gasteiger partial charge in [0.1, 0.15) is 6.61 Å². The molecule has 20 heteroatoms. The van der Waals surface area contributed by atoms with Crippen LogP contribution >= 0.6 is 11.6 Å². The standard InChI is InChI=1S/C44H58ClF3N8O8/c45-35-28-30(27-34(40(35)49)44(46,47)48)29-37(64-43(61)55-14-10-33(11-15-55)56-16-7-31-3-1-2-4-36(31)50-42(56)60)41(59)54-19-17-52(18-20-54)32-8-12-53(13-9-32)38(57)5-6-39(58)63-26-23-51-21-24-62-25-22-51/h1-4,27-28,32-33,37H,5-26,29,49H2,(H,50,60)/t37-/m1/s1. The van der Waals surface area contributed by atoms with Crippen LogP contribution in [0.25, 0.3) is 0 Å². The summed E-state index contributed by atoms with van der Waals surface area (Å²) < 4.78 is 58.4. The molecule has 16 nitrogen and oxygen atoms in total. The number of nitrogens with one attached hydrogen (secondary N) is 1. The van der Waals surface area contributed by atoms with Crippen molar-refractivity contribution in [3.05, 3.63) is 58.1 Å². The molecule has 3 N–H and O–H groups in total. The van der Waals surface area contributed by atoms with E-state index in [1.165, 1.54) is 11.0 Å². The lowest BCUT2D eigenvalue weighted by molar-refractivity contribution is -0.147. The first kappa shape index (κ1) is 47.1. The molecule has 5 heterocycles. The Balaban J connectivity index is 0.907. The maximum atomic E-state index is 14.2. The molecule has 5 amide bonds. The van der Waals surface area contributed by atoms with Crippen LogP contribution in [0.1, 0.15) is 55.2 Å². The van der Waals surface area contributed by atoms with Gasteiger partial charge in [0.25, 0.3) is 5.91 Å². The molecule has 2 aromatic rings. The highest BCUT2D eigenvalue weighted by Gasteiger charge is 2.39. The number of piperidine rings is 2. The summed E-state index contributed by atoms with van der Waals surface area (Å²) in [6, 6.07) is 9.55. The number of ether oxygens (including phenoxy) is 3. The Morgan fingerprint density at radius 3 is 2.22 bits per heavy atom. The summed E-state index contributed by atoms with van der Waals surface area (Å²) in [6.07, 6.45) is -4.24. The molecular formula is C44H58ClF3N8O8. The van der Waals surface area contributed by atoms with Gasteiger partial charge >= 0.3 is 24.3 Å². The van der Waals surface area contributed by atoms with Crippen LogP contribution in [0.15, 0.2) is 36.4 Å². The minimum absolute atomic E-state index is 0.0242. The number of amides is 5. The van der Waals surface area contributed by atoms with Gasteiger partial charge in [0, 0.05) is 109 Å². The molecule has 7 rings (SSSR count). The predicted octanol–water partition coefficient (Wildman–Crippen LogP) is 4.33. The lowest BCUT2D eigenvalue weighted by Gasteiger charge is -2.43. The van der Waals surface area contributed by atoms with Crippen LogP contribution in [0.4, 0.5) is 34.1 Å². The SMILES string of the molecule is Nc1c(Cl)cc(C[C@@H](OC(=O)N2CCC(N3CCc4ccccc4NC3=O)CC2)C(=O)N2CCN(C3CCN(C(=O)CCC(=O)OCCN4CCOCC4)CC3)CC2)cc1C(F)(F)F. The van der Waals surface area contributed by atoms with Gasteiger partial charge in [-0.05, 0) is 61.4 Å². The number of halogens is 4. The van der Waals surface area contributed by atoms with Crippen molar-refractivity contribution in [2.45, 2.75) is 75.7 Å². The highest BCUT2D eigenvalue weighted by atomic mass is 35.5. The number of alkyl halides is 3. The Labute approximate surface area is 376 Å². The summed E-state index contributed by atoms with van der Waals surface area (Å²) in [4.78, 5) is 77.4. The second-order valence-electron chi connectivity index (χ2n) is 17.0. The smallest absolute Gasteiger partial charge is 0.418 e. The van der Waals surface area contributed by atoms with Crippen molar-refractivity contribution < 1.29 is 51.4 Å². The van der Waals surface area contributed by atoms with Crippen molar-refractivity contribution in [3.8, 4) is 0 Å². The van der Waals surface area contributed by atoms with Gasteiger partial charge in [-0.25, -0.2) is 9.59 Å². The highest BCUT2D eigenvalue weighted by Crippen LogP contribution is 2.38. The van der Waals surface area contributed by atoms with E-state index < -0.39 is 41.5 Å². The van der Waals surface area contributed by atoms with Crippen LogP contribution in [0.3, 0.4) is 0 Å². The van der Waals surface area contributed by atoms with E-state index in [4.69, 9.17) is 31.5 Å². The lowest BCUT2D eigenvalue weighted by atomic mass is 10.0. The van der Waals surface area contributed by atoms with Gasteiger partial charge in [-0.1, -0.05) is 29.8 Å². The van der Waals surface area contributed by atoms with Crippen LogP contribution in [-0.4, -0.2) is 176 Å². The molecule has 4 fully saturated rings. The van der Waals surface area contributed by atoms with Crippen LogP contribution in [0.5, 0.6) is 0 Å². The first-order chi connectivity index (χ1) is 30.7. The Morgan fingerprint density at radius 1 is 0.844 bits per heavy atom. The summed E-state index contributed by atoms with van der Waals surface area (Å²) in [5, 5.41) is 2.65. The van der Waals surface area contributed by atoms with Crippen LogP contribution < -0.4 is 11.1 Å². The number of hydrogen-bond acceptors (Lipinski definition) is 11. The number of nitrogens with zero attached hydrogens (tertiary/aromatic N) is 6. The summed E-state index contributed by atoms with van der Waals surface area (Å²) in [6.45, 7) is 7.54. The average molecular weight is 919 g/mol. The van der Waals surface area contributed by atoms with E-state index in [1.807, 2.05) is 24.3 Å². The Kier molecular flexibility index (Phi) is 15.8. The number of piperazine rings is 1. The van der Waals surface area contributed by atoms with Crippen molar-refractivity contribution in [3.63, 3.8) is 0 Å². The predicted molar refractivity (Wildman–Crippen MR) is 231 cm³/mol. The monoisotopic (exact) mass is 918 g/mol. The first-order valence-corrected chi connectivity index (χ1v) is 22.6. The fourth-order valence-corrected chi connectivity index (χ4v) is 9.50. The molecule has 0 aromatic heterocycles. The minimum atomic E-state index is -4.81. The molecule has 4 saturated heterocycles. The number of rotatable bonds is 12. The molecule has 5 aliphatic heterocycles. The largest absolute Gasteiger partial charge is 0.464 e. The third kappa shape index (κ3) is 12.1. The molecule has 0 unspecified atom stereocenters. The maximum absolute atomic E-state index is 14.2. The summed E-state index contributed by atoms with van der Waals surface area (Å²) >= 11 is 6.15. The molecule has 1 atom stereocenters. The molecule has 0 aliphatic carbocycles. The quantitative estimate of drug-likeness (QED) is 0.230. The number of morpholine rings is 1. The minimum Gasteiger partial charge on any atom is -0.464 e. The fourth-order valence-electron chi connectivity index (χ4n) is 9.26. The highest BCUT2D eigenvalue weighted by molar-refractivity contribution is 6.33. The van der Waals surface area contributed by atoms with Gasteiger partial charge in [0.2, 0.25) is 5.91 Å². The summed E-state index contributed by atoms with van der Waals surface area (Å²) in [5.74, 6) is -1.02. The van der Waals surface area contributed by atoms with Gasteiger partial charge in [0.15, 0.2) is 6.10 Å². The number of benzene rings is 2. The van der Waals surface area contributed by atoms with Crippen molar-refractivity contribution in [2.75, 3.05) is 109 Å². The number of para-hydroxylation sites is 1. The summed E-state index contributed by atoms with van der Waals surface area (Å²) in [7, 11) is 0. The topological polar surface area (TPSA) is 171 Å². The van der Waals surface area contributed by atoms with E-state index in [0.717, 1.165) is 43.2 Å². The van der Waals surface area contributed by atoms with E-state index in [1.54, 1.807) is 14.7 Å². The zero-order valence-corrected chi connectivity index (χ0v) is 36.8. The van der Waals surface area contributed by atoms with Gasteiger partial charge < -0.3 is 44.9 Å². The number of carbonyl (C=O) groups is 5. The van der Waals surface area contributed by atoms with E-state index in [2.05, 4.69) is 15.1 Å². The van der Waals surface area contributed by atoms with Gasteiger partial charge in [-0.3, -0.25) is 24.2 Å². The number of nitrogen functional groups attached to an aromatic ring is 1. The van der Waals surface area contributed by atoms with E-state index in [0.29, 0.717) is 84.8 Å². The second-order valence-corrected chi connectivity index (χ2v) is 17.4. The molecular weight excluding hydrogens is 861 g/mol.